The fraction of sp³-hybridized carbons (Fsp3) is 0.100. The molecule has 1 amide bonds. The molecule has 0 atom stereocenters. The maximum absolute atomic E-state index is 11.3. The molecule has 0 aliphatic rings. The first-order chi connectivity index (χ1) is 13.6. The molecule has 0 unspecified atom stereocenters. The van der Waals surface area contributed by atoms with Gasteiger partial charge < -0.3 is 15.0 Å². The Morgan fingerprint density at radius 2 is 1.93 bits per heavy atom. The molecule has 8 heteroatoms. The summed E-state index contributed by atoms with van der Waals surface area (Å²) in [5, 5.41) is 3.51. The number of carbonyl (C=O) groups excluding carboxylic acids is 1. The number of nitrogens with one attached hydrogen (secondary N) is 2. The summed E-state index contributed by atoms with van der Waals surface area (Å²) < 4.78 is 5.25. The fourth-order valence-corrected chi connectivity index (χ4v) is 3.79. The molecule has 2 N–H and O–H groups in total. The minimum absolute atomic E-state index is 0.168. The lowest BCUT2D eigenvalue weighted by molar-refractivity contribution is -0.114. The second kappa shape index (κ2) is 7.61. The minimum atomic E-state index is -0.168. The molecule has 3 heterocycles. The summed E-state index contributed by atoms with van der Waals surface area (Å²) in [4.78, 5) is 28.8. The summed E-state index contributed by atoms with van der Waals surface area (Å²) in [7, 11) is 1.64. The first-order valence-corrected chi connectivity index (χ1v) is 9.34. The standard InChI is InChI=1S/C20H17N5O2S/c1-12(26)24-16-11-14(7-8-21-16)20-25-17(13-3-5-15(27-2)6-4-13)18(28-20)19-22-9-10-23-19/h3-11H,1-2H3,(H,22,23)(H,21,24,26). The molecule has 4 rings (SSSR count). The maximum Gasteiger partial charge on any atom is 0.222 e. The Labute approximate surface area is 165 Å². The molecule has 28 heavy (non-hydrogen) atoms. The number of hydrogen-bond acceptors (Lipinski definition) is 6. The number of thiazole rings is 1. The van der Waals surface area contributed by atoms with Crippen molar-refractivity contribution >= 4 is 23.1 Å². The molecule has 7 nitrogen and oxygen atoms in total. The predicted octanol–water partition coefficient (Wildman–Crippen LogP) is 4.23. The zero-order chi connectivity index (χ0) is 19.5. The number of hydrogen-bond donors (Lipinski definition) is 2. The van der Waals surface area contributed by atoms with Crippen molar-refractivity contribution in [2.24, 2.45) is 0 Å². The van der Waals surface area contributed by atoms with Gasteiger partial charge in [-0.05, 0) is 36.4 Å². The van der Waals surface area contributed by atoms with Crippen molar-refractivity contribution in [3.05, 3.63) is 55.0 Å². The van der Waals surface area contributed by atoms with Crippen molar-refractivity contribution in [1.82, 2.24) is 19.9 Å². The van der Waals surface area contributed by atoms with Crippen LogP contribution in [0.4, 0.5) is 5.82 Å². The van der Waals surface area contributed by atoms with E-state index in [1.807, 2.05) is 36.4 Å². The SMILES string of the molecule is COc1ccc(-c2nc(-c3ccnc(NC(C)=O)c3)sc2-c2ncc[nH]2)cc1. The van der Waals surface area contributed by atoms with Gasteiger partial charge in [0.1, 0.15) is 22.4 Å². The monoisotopic (exact) mass is 391 g/mol. The largest absolute Gasteiger partial charge is 0.497 e. The topological polar surface area (TPSA) is 92.8 Å². The van der Waals surface area contributed by atoms with Gasteiger partial charge in [0.25, 0.3) is 0 Å². The van der Waals surface area contributed by atoms with Gasteiger partial charge >= 0.3 is 0 Å². The van der Waals surface area contributed by atoms with Crippen molar-refractivity contribution in [3.8, 4) is 38.3 Å². The number of amides is 1. The zero-order valence-corrected chi connectivity index (χ0v) is 16.1. The maximum atomic E-state index is 11.3. The van der Waals surface area contributed by atoms with E-state index in [2.05, 4.69) is 20.3 Å². The highest BCUT2D eigenvalue weighted by molar-refractivity contribution is 7.18. The second-order valence-electron chi connectivity index (χ2n) is 5.97. The number of pyridine rings is 1. The summed E-state index contributed by atoms with van der Waals surface area (Å²) in [6.45, 7) is 1.45. The quantitative estimate of drug-likeness (QED) is 0.531. The third kappa shape index (κ3) is 3.63. The number of rotatable bonds is 5. The average molecular weight is 391 g/mol. The zero-order valence-electron chi connectivity index (χ0n) is 15.3. The number of ether oxygens (including phenoxy) is 1. The predicted molar refractivity (Wildman–Crippen MR) is 109 cm³/mol. The van der Waals surface area contributed by atoms with Crippen LogP contribution in [0.1, 0.15) is 6.92 Å². The van der Waals surface area contributed by atoms with Crippen LogP contribution >= 0.6 is 11.3 Å². The number of nitrogens with zero attached hydrogens (tertiary/aromatic N) is 3. The van der Waals surface area contributed by atoms with Crippen molar-refractivity contribution < 1.29 is 9.53 Å². The Bertz CT molecular complexity index is 1100. The van der Waals surface area contributed by atoms with E-state index >= 15 is 0 Å². The van der Waals surface area contributed by atoms with Crippen LogP contribution in [-0.2, 0) is 4.79 Å². The molecule has 0 bridgehead atoms. The molecule has 0 fully saturated rings. The van der Waals surface area contributed by atoms with Crippen LogP contribution in [0, 0.1) is 0 Å². The van der Waals surface area contributed by atoms with E-state index in [1.54, 1.807) is 25.7 Å². The summed E-state index contributed by atoms with van der Waals surface area (Å²) >= 11 is 1.53. The van der Waals surface area contributed by atoms with Crippen molar-refractivity contribution in [1.29, 1.82) is 0 Å². The first kappa shape index (κ1) is 17.9. The highest BCUT2D eigenvalue weighted by Crippen LogP contribution is 2.39. The van der Waals surface area contributed by atoms with E-state index in [-0.39, 0.29) is 5.91 Å². The summed E-state index contributed by atoms with van der Waals surface area (Å²) in [6, 6.07) is 11.4. The van der Waals surface area contributed by atoms with Crippen LogP contribution in [0.25, 0.3) is 32.5 Å². The molecule has 0 spiro atoms. The minimum Gasteiger partial charge on any atom is -0.497 e. The second-order valence-corrected chi connectivity index (χ2v) is 6.97. The van der Waals surface area contributed by atoms with E-state index in [9.17, 15) is 4.79 Å². The summed E-state index contributed by atoms with van der Waals surface area (Å²) in [6.07, 6.45) is 5.16. The van der Waals surface area contributed by atoms with Crippen LogP contribution in [0.5, 0.6) is 5.75 Å². The number of H-pyrrole nitrogens is 1. The molecule has 3 aromatic heterocycles. The van der Waals surface area contributed by atoms with E-state index < -0.39 is 0 Å². The van der Waals surface area contributed by atoms with Gasteiger partial charge in [-0.2, -0.15) is 0 Å². The van der Waals surface area contributed by atoms with Gasteiger partial charge in [-0.1, -0.05) is 0 Å². The van der Waals surface area contributed by atoms with Crippen LogP contribution in [0.2, 0.25) is 0 Å². The molecular formula is C20H17N5O2S. The highest BCUT2D eigenvalue weighted by atomic mass is 32.1. The third-order valence-corrected chi connectivity index (χ3v) is 5.13. The average Bonchev–Trinajstić information content (AvgIpc) is 3.37. The number of carbonyl (C=O) groups is 1. The van der Waals surface area contributed by atoms with Crippen LogP contribution < -0.4 is 10.1 Å². The van der Waals surface area contributed by atoms with Gasteiger partial charge in [0.15, 0.2) is 0 Å². The van der Waals surface area contributed by atoms with Crippen LogP contribution in [-0.4, -0.2) is 33.0 Å². The number of methoxy groups -OCH3 is 1. The highest BCUT2D eigenvalue weighted by Gasteiger charge is 2.18. The molecule has 140 valence electrons. The van der Waals surface area contributed by atoms with Gasteiger partial charge in [-0.25, -0.2) is 15.0 Å². The number of benzene rings is 1. The number of imidazole rings is 1. The molecule has 0 radical (unpaired) electrons. The first-order valence-electron chi connectivity index (χ1n) is 8.53. The van der Waals surface area contributed by atoms with Gasteiger partial charge in [0.2, 0.25) is 5.91 Å². The molecule has 0 saturated heterocycles. The molecule has 0 aliphatic heterocycles. The Kier molecular flexibility index (Phi) is 4.86. The Morgan fingerprint density at radius 1 is 1.11 bits per heavy atom. The lowest BCUT2D eigenvalue weighted by Crippen LogP contribution is -2.07. The van der Waals surface area contributed by atoms with Crippen molar-refractivity contribution in [3.63, 3.8) is 0 Å². The third-order valence-electron chi connectivity index (χ3n) is 4.01. The Hall–Kier alpha value is -3.52. The van der Waals surface area contributed by atoms with Gasteiger partial charge in [-0.15, -0.1) is 11.3 Å². The normalized spacial score (nSPS) is 10.6. The Morgan fingerprint density at radius 3 is 2.61 bits per heavy atom. The summed E-state index contributed by atoms with van der Waals surface area (Å²) in [5.41, 5.74) is 2.66. The van der Waals surface area contributed by atoms with Crippen LogP contribution in [0.3, 0.4) is 0 Å². The van der Waals surface area contributed by atoms with E-state index in [4.69, 9.17) is 9.72 Å². The van der Waals surface area contributed by atoms with Crippen LogP contribution in [0.15, 0.2) is 55.0 Å². The van der Waals surface area contributed by atoms with E-state index in [0.717, 1.165) is 38.3 Å². The van der Waals surface area contributed by atoms with Gasteiger partial charge in [0, 0.05) is 36.6 Å². The van der Waals surface area contributed by atoms with E-state index in [0.29, 0.717) is 5.82 Å². The molecule has 4 aromatic rings. The summed E-state index contributed by atoms with van der Waals surface area (Å²) in [5.74, 6) is 1.86. The lowest BCUT2D eigenvalue weighted by Gasteiger charge is -2.03. The lowest BCUT2D eigenvalue weighted by atomic mass is 10.1. The fourth-order valence-electron chi connectivity index (χ4n) is 2.75. The number of anilines is 1. The molecular weight excluding hydrogens is 374 g/mol. The van der Waals surface area contributed by atoms with Gasteiger partial charge in [0.05, 0.1) is 17.7 Å². The molecule has 1 aromatic carbocycles. The Balaban J connectivity index is 1.80. The number of aromatic nitrogens is 4. The van der Waals surface area contributed by atoms with Crippen molar-refractivity contribution in [2.45, 2.75) is 6.92 Å². The van der Waals surface area contributed by atoms with Gasteiger partial charge in [-0.3, -0.25) is 4.79 Å². The van der Waals surface area contributed by atoms with Crippen molar-refractivity contribution in [2.75, 3.05) is 12.4 Å². The van der Waals surface area contributed by atoms with E-state index in [1.165, 1.54) is 18.3 Å². The number of aromatic amines is 1. The molecule has 0 aliphatic carbocycles. The smallest absolute Gasteiger partial charge is 0.222 e. The molecule has 0 saturated carbocycles.